The summed E-state index contributed by atoms with van der Waals surface area (Å²) in [6.45, 7) is 5.81. The molecule has 5 N–H and O–H groups in total. The minimum atomic E-state index is -4.70. The topological polar surface area (TPSA) is 203 Å². The van der Waals surface area contributed by atoms with E-state index in [1.165, 1.54) is 114 Å². The van der Waals surface area contributed by atoms with Crippen molar-refractivity contribution in [2.75, 3.05) is 40.1 Å². The van der Waals surface area contributed by atoms with Crippen LogP contribution >= 0.6 is 7.82 Å². The van der Waals surface area contributed by atoms with Crippen molar-refractivity contribution in [3.63, 3.8) is 0 Å². The molecule has 1 aromatic carbocycles. The number of nitrogens with zero attached hydrogens (tertiary/aromatic N) is 4. The minimum absolute atomic E-state index is 0.0231. The standard InChI is InChI=1S/C41H66N5O9P/c1-4-5-6-7-8-9-10-11-12-13-14-15-16-17-18-22-27-51-28-33(29-52-34-23-20-19-21-24-34)30-53-56(49,50)54-31-36-38(47)39(48)41(32-42,55-36)37-26-25-35(40(43)44-2)46(37)45-3/h19-21,23-26,33,36,38-39,47-48H,3-18,22,27-31H2,1-2H3,(H2,43,44)(H,49,50)/t33?,36-,38-,39-,41+/m1/s1. The number of hydrogen-bond acceptors (Lipinski definition) is 11. The third-order valence-corrected chi connectivity index (χ3v) is 11.1. The summed E-state index contributed by atoms with van der Waals surface area (Å²) in [7, 11) is -3.23. The number of rotatable bonds is 31. The molecule has 0 saturated carbocycles. The van der Waals surface area contributed by atoms with Gasteiger partial charge in [0.05, 0.1) is 32.1 Å². The largest absolute Gasteiger partial charge is 0.493 e. The second-order valence-electron chi connectivity index (χ2n) is 14.5. The summed E-state index contributed by atoms with van der Waals surface area (Å²) in [6, 6.07) is 14.0. The summed E-state index contributed by atoms with van der Waals surface area (Å²) in [5.74, 6) is 0.315. The summed E-state index contributed by atoms with van der Waals surface area (Å²) in [6.07, 6.45) is 15.8. The number of aliphatic hydroxyl groups is 2. The fourth-order valence-electron chi connectivity index (χ4n) is 6.77. The molecule has 0 aliphatic carbocycles. The van der Waals surface area contributed by atoms with Gasteiger partial charge in [-0.05, 0) is 30.7 Å². The molecular weight excluding hydrogens is 737 g/mol. The first kappa shape index (κ1) is 47.3. The number of phosphoric acid groups is 1. The second-order valence-corrected chi connectivity index (χ2v) is 16.0. The molecule has 2 aromatic rings. The number of phosphoric ester groups is 1. The maximum atomic E-state index is 13.0. The zero-order valence-corrected chi connectivity index (χ0v) is 34.4. The Morgan fingerprint density at radius 1 is 0.929 bits per heavy atom. The Morgan fingerprint density at radius 3 is 2.07 bits per heavy atom. The van der Waals surface area contributed by atoms with Crippen LogP contribution in [0.3, 0.4) is 0 Å². The van der Waals surface area contributed by atoms with Gasteiger partial charge in [0, 0.05) is 26.3 Å². The van der Waals surface area contributed by atoms with Gasteiger partial charge >= 0.3 is 7.82 Å². The van der Waals surface area contributed by atoms with Gasteiger partial charge in [0.15, 0.2) is 0 Å². The first-order valence-electron chi connectivity index (χ1n) is 20.4. The highest BCUT2D eigenvalue weighted by Gasteiger charge is 2.58. The number of aliphatic imine (C=N–C) groups is 1. The summed E-state index contributed by atoms with van der Waals surface area (Å²) >= 11 is 0. The van der Waals surface area contributed by atoms with Crippen molar-refractivity contribution >= 4 is 20.4 Å². The lowest BCUT2D eigenvalue weighted by Crippen LogP contribution is -2.41. The first-order chi connectivity index (χ1) is 27.1. The van der Waals surface area contributed by atoms with Crippen LogP contribution in [0, 0.1) is 17.2 Å². The number of benzene rings is 1. The summed E-state index contributed by atoms with van der Waals surface area (Å²) in [5, 5.41) is 35.8. The molecule has 0 amide bonds. The molecule has 3 rings (SSSR count). The van der Waals surface area contributed by atoms with Crippen molar-refractivity contribution in [1.82, 2.24) is 4.68 Å². The Bertz CT molecular complexity index is 1520. The molecule has 1 aliphatic heterocycles. The van der Waals surface area contributed by atoms with E-state index in [4.69, 9.17) is 29.0 Å². The van der Waals surface area contributed by atoms with Gasteiger partial charge in [-0.2, -0.15) is 10.4 Å². The van der Waals surface area contributed by atoms with Crippen LogP contribution in [-0.2, 0) is 28.7 Å². The fourth-order valence-corrected chi connectivity index (χ4v) is 7.58. The van der Waals surface area contributed by atoms with Gasteiger partial charge in [0.25, 0.3) is 0 Å². The van der Waals surface area contributed by atoms with E-state index < -0.39 is 44.3 Å². The number of ether oxygens (including phenoxy) is 3. The SMILES string of the molecule is C=Nn1c(C(N)=NC)ccc1[C@]1(C#N)O[C@H](COP(=O)(O)OCC(COCCCCCCCCCCCCCCCCCC)COc2ccccc2)[C@@H](O)[C@H]1O. The highest BCUT2D eigenvalue weighted by molar-refractivity contribution is 7.47. The van der Waals surface area contributed by atoms with Gasteiger partial charge < -0.3 is 35.1 Å². The van der Waals surface area contributed by atoms with E-state index in [0.29, 0.717) is 12.4 Å². The summed E-state index contributed by atoms with van der Waals surface area (Å²) < 4.78 is 42.4. The molecule has 0 bridgehead atoms. The highest BCUT2D eigenvalue weighted by Crippen LogP contribution is 2.46. The monoisotopic (exact) mass is 803 g/mol. The molecule has 314 valence electrons. The van der Waals surface area contributed by atoms with Crippen molar-refractivity contribution in [3.8, 4) is 11.8 Å². The summed E-state index contributed by atoms with van der Waals surface area (Å²) in [4.78, 5) is 14.5. The number of para-hydroxylation sites is 1. The number of unbranched alkanes of at least 4 members (excludes halogenated alkanes) is 15. The van der Waals surface area contributed by atoms with Gasteiger partial charge in [0.1, 0.15) is 41.7 Å². The Labute approximate surface area is 333 Å². The molecular formula is C41H66N5O9P. The van der Waals surface area contributed by atoms with Crippen LogP contribution in [0.2, 0.25) is 0 Å². The molecule has 2 heterocycles. The lowest BCUT2D eigenvalue weighted by atomic mass is 9.92. The van der Waals surface area contributed by atoms with Gasteiger partial charge in [0.2, 0.25) is 5.60 Å². The van der Waals surface area contributed by atoms with E-state index in [2.05, 4.69) is 23.7 Å². The predicted octanol–water partition coefficient (Wildman–Crippen LogP) is 7.23. The molecule has 15 heteroatoms. The maximum absolute atomic E-state index is 13.0. The third kappa shape index (κ3) is 15.3. The maximum Gasteiger partial charge on any atom is 0.472 e. The smallest absolute Gasteiger partial charge is 0.472 e. The van der Waals surface area contributed by atoms with E-state index in [1.54, 1.807) is 0 Å². The number of hydrogen-bond donors (Lipinski definition) is 4. The van der Waals surface area contributed by atoms with Crippen LogP contribution in [0.1, 0.15) is 121 Å². The number of nitrogens with two attached hydrogens (primary N) is 1. The molecule has 56 heavy (non-hydrogen) atoms. The minimum Gasteiger partial charge on any atom is -0.493 e. The van der Waals surface area contributed by atoms with Gasteiger partial charge in [-0.3, -0.25) is 14.0 Å². The van der Waals surface area contributed by atoms with Gasteiger partial charge in [-0.15, -0.1) is 0 Å². The van der Waals surface area contributed by atoms with Crippen molar-refractivity contribution in [1.29, 1.82) is 5.26 Å². The van der Waals surface area contributed by atoms with Crippen LogP contribution in [0.4, 0.5) is 0 Å². The quantitative estimate of drug-likeness (QED) is 0.0259. The van der Waals surface area contributed by atoms with Crippen LogP contribution < -0.4 is 10.5 Å². The number of nitriles is 1. The van der Waals surface area contributed by atoms with Crippen LogP contribution in [-0.4, -0.2) is 90.7 Å². The zero-order chi connectivity index (χ0) is 40.7. The molecule has 1 aromatic heterocycles. The Hall–Kier alpha value is -3.12. The highest BCUT2D eigenvalue weighted by atomic mass is 31.2. The Morgan fingerprint density at radius 2 is 1.52 bits per heavy atom. The Balaban J connectivity index is 1.40. The van der Waals surface area contributed by atoms with E-state index >= 15 is 0 Å². The van der Waals surface area contributed by atoms with Gasteiger partial charge in [-0.1, -0.05) is 121 Å². The van der Waals surface area contributed by atoms with E-state index in [0.717, 1.165) is 12.8 Å². The lowest BCUT2D eigenvalue weighted by Gasteiger charge is -2.25. The molecule has 1 saturated heterocycles. The molecule has 0 radical (unpaired) electrons. The normalized spacial score (nSPS) is 21.4. The average molecular weight is 804 g/mol. The fraction of sp³-hybridized carbons (Fsp3) is 0.683. The number of aromatic nitrogens is 1. The summed E-state index contributed by atoms with van der Waals surface area (Å²) in [5.41, 5.74) is 4.11. The van der Waals surface area contributed by atoms with E-state index in [9.17, 15) is 24.9 Å². The van der Waals surface area contributed by atoms with Crippen LogP contribution in [0.25, 0.3) is 0 Å². The molecule has 2 unspecified atom stereocenters. The van der Waals surface area contributed by atoms with Crippen molar-refractivity contribution in [2.45, 2.75) is 134 Å². The second kappa shape index (κ2) is 26.0. The average Bonchev–Trinajstić information content (AvgIpc) is 3.75. The van der Waals surface area contributed by atoms with E-state index in [1.807, 2.05) is 36.4 Å². The van der Waals surface area contributed by atoms with Crippen molar-refractivity contribution in [3.05, 3.63) is 53.9 Å². The van der Waals surface area contributed by atoms with Gasteiger partial charge in [-0.25, -0.2) is 9.24 Å². The Kier molecular flexibility index (Phi) is 21.9. The van der Waals surface area contributed by atoms with Crippen molar-refractivity contribution in [2.24, 2.45) is 21.7 Å². The van der Waals surface area contributed by atoms with Crippen LogP contribution in [0.5, 0.6) is 5.75 Å². The first-order valence-corrected chi connectivity index (χ1v) is 21.9. The zero-order valence-electron chi connectivity index (χ0n) is 33.5. The molecule has 1 fully saturated rings. The van der Waals surface area contributed by atoms with E-state index in [-0.39, 0.29) is 37.0 Å². The predicted molar refractivity (Wildman–Crippen MR) is 218 cm³/mol. The number of amidine groups is 1. The molecule has 0 spiro atoms. The van der Waals surface area contributed by atoms with Crippen molar-refractivity contribution < 1.29 is 42.9 Å². The molecule has 14 nitrogen and oxygen atoms in total. The van der Waals surface area contributed by atoms with Crippen LogP contribution in [0.15, 0.2) is 52.6 Å². The number of aliphatic hydroxyl groups excluding tert-OH is 2. The third-order valence-electron chi connectivity index (χ3n) is 10.1. The molecule has 6 atom stereocenters. The lowest BCUT2D eigenvalue weighted by molar-refractivity contribution is -0.0654. The molecule has 1 aliphatic rings.